The monoisotopic (exact) mass is 252 g/mol. The third-order valence-corrected chi connectivity index (χ3v) is 2.31. The Bertz CT molecular complexity index is 481. The van der Waals surface area contributed by atoms with E-state index in [4.69, 9.17) is 17.3 Å². The van der Waals surface area contributed by atoms with E-state index in [9.17, 15) is 4.79 Å². The third-order valence-electron chi connectivity index (χ3n) is 2.07. The predicted octanol–water partition coefficient (Wildman–Crippen LogP) is 1.77. The summed E-state index contributed by atoms with van der Waals surface area (Å²) in [4.78, 5) is 15.2. The second-order valence-electron chi connectivity index (χ2n) is 3.21. The van der Waals surface area contributed by atoms with E-state index in [1.807, 2.05) is 6.07 Å². The largest absolute Gasteiger partial charge is 0.464 e. The van der Waals surface area contributed by atoms with Crippen LogP contribution in [-0.4, -0.2) is 25.8 Å². The van der Waals surface area contributed by atoms with Gasteiger partial charge in [0.2, 0.25) is 0 Å². The molecule has 0 radical (unpaired) electrons. The molecule has 0 aliphatic carbocycles. The number of methoxy groups -OCH3 is 1. The Kier molecular flexibility index (Phi) is 4.72. The van der Waals surface area contributed by atoms with Crippen molar-refractivity contribution in [3.63, 3.8) is 0 Å². The molecule has 0 atom stereocenters. The first-order chi connectivity index (χ1) is 8.08. The number of ether oxygens (including phenoxy) is 1. The average molecular weight is 253 g/mol. The fourth-order valence-electron chi connectivity index (χ4n) is 1.25. The van der Waals surface area contributed by atoms with Crippen molar-refractivity contribution < 1.29 is 9.53 Å². The van der Waals surface area contributed by atoms with E-state index in [0.717, 1.165) is 5.56 Å². The fraction of sp³-hybridized carbons (Fsp3) is 0.167. The molecule has 17 heavy (non-hydrogen) atoms. The van der Waals surface area contributed by atoms with Crippen LogP contribution in [0.15, 0.2) is 41.0 Å². The quantitative estimate of drug-likeness (QED) is 0.507. The zero-order valence-electron chi connectivity index (χ0n) is 9.61. The van der Waals surface area contributed by atoms with Crippen LogP contribution >= 0.6 is 11.6 Å². The highest BCUT2D eigenvalue weighted by atomic mass is 35.5. The summed E-state index contributed by atoms with van der Waals surface area (Å²) in [6.45, 7) is 0. The van der Waals surface area contributed by atoms with E-state index in [-0.39, 0.29) is 5.70 Å². The van der Waals surface area contributed by atoms with Crippen LogP contribution in [0.2, 0.25) is 5.02 Å². The number of nitrogens with zero attached hydrogens (tertiary/aromatic N) is 1. The van der Waals surface area contributed by atoms with Gasteiger partial charge < -0.3 is 10.5 Å². The summed E-state index contributed by atoms with van der Waals surface area (Å²) >= 11 is 5.87. The molecule has 0 aliphatic rings. The summed E-state index contributed by atoms with van der Waals surface area (Å²) in [7, 11) is 2.88. The third kappa shape index (κ3) is 3.60. The van der Waals surface area contributed by atoms with Gasteiger partial charge in [-0.15, -0.1) is 0 Å². The van der Waals surface area contributed by atoms with Crippen LogP contribution in [0.5, 0.6) is 0 Å². The topological polar surface area (TPSA) is 64.7 Å². The predicted molar refractivity (Wildman–Crippen MR) is 68.2 cm³/mol. The molecule has 0 spiro atoms. The summed E-state index contributed by atoms with van der Waals surface area (Å²) in [5.41, 5.74) is 6.90. The summed E-state index contributed by atoms with van der Waals surface area (Å²) in [5, 5.41) is 0.591. The van der Waals surface area contributed by atoms with E-state index < -0.39 is 5.97 Å². The van der Waals surface area contributed by atoms with Crippen LogP contribution < -0.4 is 5.73 Å². The molecule has 0 saturated carbocycles. The minimum atomic E-state index is -0.590. The molecule has 0 aromatic heterocycles. The molecule has 90 valence electrons. The van der Waals surface area contributed by atoms with Crippen LogP contribution in [-0.2, 0) is 9.53 Å². The molecule has 0 amide bonds. The number of hydrogen-bond donors (Lipinski definition) is 1. The maximum Gasteiger partial charge on any atom is 0.353 e. The van der Waals surface area contributed by atoms with Gasteiger partial charge in [-0.05, 0) is 18.2 Å². The zero-order chi connectivity index (χ0) is 12.8. The Hall–Kier alpha value is -1.81. The van der Waals surface area contributed by atoms with E-state index in [2.05, 4.69) is 9.73 Å². The molecule has 1 aromatic carbocycles. The van der Waals surface area contributed by atoms with Gasteiger partial charge in [-0.2, -0.15) is 0 Å². The van der Waals surface area contributed by atoms with Crippen LogP contribution in [0.3, 0.4) is 0 Å². The molecule has 1 rings (SSSR count). The van der Waals surface area contributed by atoms with Crippen molar-refractivity contribution in [1.29, 1.82) is 0 Å². The van der Waals surface area contributed by atoms with Crippen molar-refractivity contribution in [2.24, 2.45) is 10.7 Å². The average Bonchev–Trinajstić information content (AvgIpc) is 2.34. The van der Waals surface area contributed by atoms with Gasteiger partial charge in [0.15, 0.2) is 0 Å². The summed E-state index contributed by atoms with van der Waals surface area (Å²) in [6.07, 6.45) is 1.46. The lowest BCUT2D eigenvalue weighted by molar-refractivity contribution is -0.136. The molecule has 0 fully saturated rings. The summed E-state index contributed by atoms with van der Waals surface area (Å²) in [6, 6.07) is 7.12. The number of aliphatic imine (C=N–C) groups is 1. The second kappa shape index (κ2) is 6.06. The molecule has 0 heterocycles. The molecular formula is C12H13ClN2O2. The Morgan fingerprint density at radius 2 is 2.24 bits per heavy atom. The van der Waals surface area contributed by atoms with Gasteiger partial charge >= 0.3 is 5.97 Å². The van der Waals surface area contributed by atoms with Crippen molar-refractivity contribution in [3.05, 3.63) is 46.6 Å². The van der Waals surface area contributed by atoms with E-state index >= 15 is 0 Å². The smallest absolute Gasteiger partial charge is 0.353 e. The molecule has 0 unspecified atom stereocenters. The van der Waals surface area contributed by atoms with Gasteiger partial charge in [-0.25, -0.2) is 4.79 Å². The summed E-state index contributed by atoms with van der Waals surface area (Å²) in [5.74, 6) is -0.590. The second-order valence-corrected chi connectivity index (χ2v) is 3.65. The molecule has 0 bridgehead atoms. The fourth-order valence-corrected chi connectivity index (χ4v) is 1.44. The van der Waals surface area contributed by atoms with Crippen LogP contribution in [0.1, 0.15) is 5.56 Å². The lowest BCUT2D eigenvalue weighted by atomic mass is 10.1. The van der Waals surface area contributed by atoms with E-state index in [1.54, 1.807) is 25.2 Å². The first-order valence-corrected chi connectivity index (χ1v) is 5.24. The molecule has 2 N–H and O–H groups in total. The Balaban J connectivity index is 3.06. The first kappa shape index (κ1) is 13.3. The van der Waals surface area contributed by atoms with Crippen molar-refractivity contribution in [2.45, 2.75) is 0 Å². The zero-order valence-corrected chi connectivity index (χ0v) is 10.4. The number of nitrogens with two attached hydrogens (primary N) is 1. The number of carbonyl (C=O) groups excluding carboxylic acids is 1. The van der Waals surface area contributed by atoms with Gasteiger partial charge in [-0.1, -0.05) is 23.7 Å². The minimum Gasteiger partial charge on any atom is -0.464 e. The van der Waals surface area contributed by atoms with Crippen LogP contribution in [0, 0.1) is 0 Å². The van der Waals surface area contributed by atoms with Gasteiger partial charge in [0.1, 0.15) is 5.70 Å². The van der Waals surface area contributed by atoms with Gasteiger partial charge in [0.05, 0.1) is 12.8 Å². The first-order valence-electron chi connectivity index (χ1n) is 4.86. The van der Waals surface area contributed by atoms with Crippen LogP contribution in [0.25, 0.3) is 0 Å². The van der Waals surface area contributed by atoms with Crippen LogP contribution in [0.4, 0.5) is 0 Å². The normalized spacial score (nSPS) is 12.4. The Morgan fingerprint density at radius 1 is 1.53 bits per heavy atom. The number of benzene rings is 1. The van der Waals surface area contributed by atoms with Crippen molar-refractivity contribution in [2.75, 3.05) is 14.2 Å². The van der Waals surface area contributed by atoms with Crippen molar-refractivity contribution in [3.8, 4) is 0 Å². The molecule has 1 aromatic rings. The molecular weight excluding hydrogens is 240 g/mol. The number of rotatable bonds is 3. The highest BCUT2D eigenvalue weighted by Gasteiger charge is 2.07. The SMILES string of the molecule is CN=C(C=C(N)C(=O)OC)c1cccc(Cl)c1. The van der Waals surface area contributed by atoms with Crippen molar-refractivity contribution in [1.82, 2.24) is 0 Å². The lowest BCUT2D eigenvalue weighted by Crippen LogP contribution is -2.15. The Labute approximate surface area is 105 Å². The van der Waals surface area contributed by atoms with Gasteiger partial charge in [0.25, 0.3) is 0 Å². The lowest BCUT2D eigenvalue weighted by Gasteiger charge is -2.03. The Morgan fingerprint density at radius 3 is 2.76 bits per heavy atom. The molecule has 4 nitrogen and oxygen atoms in total. The highest BCUT2D eigenvalue weighted by molar-refractivity contribution is 6.31. The number of allylic oxidation sites excluding steroid dienone is 1. The number of hydrogen-bond acceptors (Lipinski definition) is 4. The number of carbonyl (C=O) groups is 1. The van der Waals surface area contributed by atoms with E-state index in [0.29, 0.717) is 10.7 Å². The van der Waals surface area contributed by atoms with E-state index in [1.165, 1.54) is 13.2 Å². The van der Waals surface area contributed by atoms with Gasteiger partial charge in [-0.3, -0.25) is 4.99 Å². The minimum absolute atomic E-state index is 0.00641. The molecule has 0 aliphatic heterocycles. The van der Waals surface area contributed by atoms with Crippen molar-refractivity contribution >= 4 is 23.3 Å². The molecule has 0 saturated heterocycles. The van der Waals surface area contributed by atoms with Gasteiger partial charge in [0, 0.05) is 17.6 Å². The molecule has 5 heteroatoms. The maximum absolute atomic E-state index is 11.2. The summed E-state index contributed by atoms with van der Waals surface area (Å²) < 4.78 is 4.50. The number of halogens is 1. The number of esters is 1. The standard InChI is InChI=1S/C12H13ClN2O2/c1-15-11(7-10(14)12(16)17-2)8-4-3-5-9(13)6-8/h3-7H,14H2,1-2H3. The highest BCUT2D eigenvalue weighted by Crippen LogP contribution is 2.12. The maximum atomic E-state index is 11.2.